The quantitative estimate of drug-likeness (QED) is 0.0494. The fourth-order valence-corrected chi connectivity index (χ4v) is 6.11. The zero-order valence-corrected chi connectivity index (χ0v) is 28.5. The number of carbonyl (C=O) groups excluding carboxylic acids is 1. The topological polar surface area (TPSA) is 82.1 Å². The first kappa shape index (κ1) is 40.1. The van der Waals surface area contributed by atoms with Crippen molar-refractivity contribution in [2.24, 2.45) is 0 Å². The number of nitrogens with zero attached hydrogens (tertiary/aromatic N) is 1. The van der Waals surface area contributed by atoms with Gasteiger partial charge in [-0.3, -0.25) is 13.8 Å². The summed E-state index contributed by atoms with van der Waals surface area (Å²) in [7, 11) is 1.79. The number of phosphoric acid groups is 1. The second-order valence-corrected chi connectivity index (χ2v) is 15.0. The molecule has 7 nitrogen and oxygen atoms in total. The molecule has 0 aromatic carbocycles. The van der Waals surface area contributed by atoms with Crippen LogP contribution in [0.3, 0.4) is 0 Å². The van der Waals surface area contributed by atoms with Crippen LogP contribution >= 0.6 is 19.6 Å². The number of hydrogen-bond acceptors (Lipinski definition) is 6. The van der Waals surface area contributed by atoms with Crippen LogP contribution in [0.1, 0.15) is 136 Å². The van der Waals surface area contributed by atoms with Crippen molar-refractivity contribution in [3.05, 3.63) is 0 Å². The molecule has 0 amide bonds. The Kier molecular flexibility index (Phi) is 26.7. The molecule has 9 heteroatoms. The number of likely N-dealkylation sites (N-methyl/N-ethyl adjacent to an activating group) is 1. The van der Waals surface area contributed by atoms with Gasteiger partial charge in [-0.2, -0.15) is 0 Å². The number of hydrogen-bond donors (Lipinski definition) is 1. The molecular weight excluding hydrogens is 545 g/mol. The standard InChI is InChI=1S/C31H64NO6PS/c1-6-8-10-12-13-14-15-16-17-18-19-20-21-23-26-36-28-30(40-31(33)24-22-11-9-7-2)29-38-39(34,35)37-27-25-32(3,4)5/h30H,6-29H2,1-5H3/p+1. The molecule has 0 fully saturated rings. The summed E-state index contributed by atoms with van der Waals surface area (Å²) in [5.41, 5.74) is 0. The van der Waals surface area contributed by atoms with Crippen molar-refractivity contribution in [1.29, 1.82) is 0 Å². The zero-order valence-electron chi connectivity index (χ0n) is 26.8. The summed E-state index contributed by atoms with van der Waals surface area (Å²) < 4.78 is 29.2. The fraction of sp³-hybridized carbons (Fsp3) is 0.968. The summed E-state index contributed by atoms with van der Waals surface area (Å²) in [6, 6.07) is 0. The molecular formula is C31H65NO6PS+. The monoisotopic (exact) mass is 610 g/mol. The smallest absolute Gasteiger partial charge is 0.380 e. The van der Waals surface area contributed by atoms with Gasteiger partial charge in [-0.15, -0.1) is 0 Å². The molecule has 0 aliphatic carbocycles. The van der Waals surface area contributed by atoms with E-state index in [-0.39, 0.29) is 23.6 Å². The highest BCUT2D eigenvalue weighted by atomic mass is 32.2. The van der Waals surface area contributed by atoms with E-state index in [1.165, 1.54) is 88.8 Å². The van der Waals surface area contributed by atoms with Gasteiger partial charge in [0.1, 0.15) is 13.2 Å². The lowest BCUT2D eigenvalue weighted by Crippen LogP contribution is -2.37. The van der Waals surface area contributed by atoms with Crippen LogP contribution in [0, 0.1) is 0 Å². The van der Waals surface area contributed by atoms with E-state index >= 15 is 0 Å². The molecule has 0 aliphatic rings. The van der Waals surface area contributed by atoms with Gasteiger partial charge in [0.25, 0.3) is 0 Å². The van der Waals surface area contributed by atoms with E-state index in [1.807, 2.05) is 21.1 Å². The van der Waals surface area contributed by atoms with Crippen LogP contribution in [0.4, 0.5) is 0 Å². The van der Waals surface area contributed by atoms with Crippen LogP contribution in [0.15, 0.2) is 0 Å². The molecule has 0 radical (unpaired) electrons. The lowest BCUT2D eigenvalue weighted by atomic mass is 10.0. The van der Waals surface area contributed by atoms with Gasteiger partial charge in [0.05, 0.1) is 39.6 Å². The van der Waals surface area contributed by atoms with Crippen LogP contribution in [-0.2, 0) is 23.1 Å². The molecule has 2 unspecified atom stereocenters. The van der Waals surface area contributed by atoms with E-state index in [0.717, 1.165) is 38.5 Å². The van der Waals surface area contributed by atoms with Crippen molar-refractivity contribution >= 4 is 24.7 Å². The first-order chi connectivity index (χ1) is 19.1. The lowest BCUT2D eigenvalue weighted by Gasteiger charge is -2.24. The first-order valence-electron chi connectivity index (χ1n) is 16.3. The SMILES string of the molecule is CCCCCCCCCCCCCCCCOCC(COP(=O)(O)OCC[N+](C)(C)C)SC(=O)CCCCCC. The molecule has 240 valence electrons. The molecule has 0 spiro atoms. The molecule has 0 saturated carbocycles. The highest BCUT2D eigenvalue weighted by Crippen LogP contribution is 2.43. The number of quaternary nitrogens is 1. The van der Waals surface area contributed by atoms with E-state index in [4.69, 9.17) is 13.8 Å². The lowest BCUT2D eigenvalue weighted by molar-refractivity contribution is -0.870. The van der Waals surface area contributed by atoms with Crippen LogP contribution in [0.25, 0.3) is 0 Å². The van der Waals surface area contributed by atoms with Crippen molar-refractivity contribution in [1.82, 2.24) is 0 Å². The van der Waals surface area contributed by atoms with Gasteiger partial charge in [-0.05, 0) is 12.8 Å². The number of ether oxygens (including phenoxy) is 1. The molecule has 0 heterocycles. The average molecular weight is 611 g/mol. The maximum Gasteiger partial charge on any atom is 0.472 e. The van der Waals surface area contributed by atoms with Crippen LogP contribution in [-0.4, -0.2) is 73.9 Å². The minimum absolute atomic E-state index is 0.0533. The Morgan fingerprint density at radius 3 is 1.68 bits per heavy atom. The van der Waals surface area contributed by atoms with Gasteiger partial charge in [0, 0.05) is 13.0 Å². The third-order valence-electron chi connectivity index (χ3n) is 6.92. The zero-order chi connectivity index (χ0) is 30.0. The maximum absolute atomic E-state index is 12.5. The molecule has 40 heavy (non-hydrogen) atoms. The summed E-state index contributed by atoms with van der Waals surface area (Å²) in [6.45, 7) is 6.03. The minimum atomic E-state index is -4.17. The Morgan fingerprint density at radius 2 is 1.18 bits per heavy atom. The molecule has 2 atom stereocenters. The van der Waals surface area contributed by atoms with E-state index in [0.29, 0.717) is 30.7 Å². The highest BCUT2D eigenvalue weighted by Gasteiger charge is 2.26. The molecule has 0 saturated heterocycles. The summed E-state index contributed by atoms with van der Waals surface area (Å²) in [6.07, 6.45) is 23.1. The van der Waals surface area contributed by atoms with Gasteiger partial charge >= 0.3 is 7.82 Å². The van der Waals surface area contributed by atoms with Crippen LogP contribution in [0.2, 0.25) is 0 Å². The third kappa shape index (κ3) is 29.5. The van der Waals surface area contributed by atoms with Crippen LogP contribution in [0.5, 0.6) is 0 Å². The third-order valence-corrected chi connectivity index (χ3v) is 8.98. The second kappa shape index (κ2) is 26.7. The summed E-state index contributed by atoms with van der Waals surface area (Å²) in [5.74, 6) is 0. The van der Waals surface area contributed by atoms with Crippen molar-refractivity contribution < 1.29 is 32.5 Å². The molecule has 0 aliphatic heterocycles. The number of unbranched alkanes of at least 4 members (excludes halogenated alkanes) is 16. The van der Waals surface area contributed by atoms with Crippen molar-refractivity contribution in [2.45, 2.75) is 141 Å². The number of carbonyl (C=O) groups is 1. The molecule has 0 aromatic heterocycles. The maximum atomic E-state index is 12.5. The Labute approximate surface area is 252 Å². The second-order valence-electron chi connectivity index (χ2n) is 12.2. The predicted molar refractivity (Wildman–Crippen MR) is 171 cm³/mol. The van der Waals surface area contributed by atoms with Crippen molar-refractivity contribution in [2.75, 3.05) is 54.1 Å². The van der Waals surface area contributed by atoms with Crippen molar-refractivity contribution in [3.63, 3.8) is 0 Å². The number of phosphoric ester groups is 1. The normalized spacial score (nSPS) is 14.3. The minimum Gasteiger partial charge on any atom is -0.380 e. The Morgan fingerprint density at radius 1 is 0.700 bits per heavy atom. The first-order valence-corrected chi connectivity index (χ1v) is 18.7. The molecule has 0 bridgehead atoms. The molecule has 0 rings (SSSR count). The summed E-state index contributed by atoms with van der Waals surface area (Å²) in [5, 5.41) is -0.240. The molecule has 1 N–H and O–H groups in total. The van der Waals surface area contributed by atoms with Gasteiger partial charge in [-0.1, -0.05) is 128 Å². The summed E-state index contributed by atoms with van der Waals surface area (Å²) >= 11 is 1.18. The van der Waals surface area contributed by atoms with E-state index < -0.39 is 7.82 Å². The van der Waals surface area contributed by atoms with E-state index in [2.05, 4.69) is 13.8 Å². The van der Waals surface area contributed by atoms with Gasteiger partial charge in [0.15, 0.2) is 5.12 Å². The fourth-order valence-electron chi connectivity index (χ4n) is 4.32. The highest BCUT2D eigenvalue weighted by molar-refractivity contribution is 8.14. The van der Waals surface area contributed by atoms with Gasteiger partial charge in [0.2, 0.25) is 0 Å². The Balaban J connectivity index is 4.14. The van der Waals surface area contributed by atoms with E-state index in [1.54, 1.807) is 0 Å². The Bertz CT molecular complexity index is 631. The largest absolute Gasteiger partial charge is 0.472 e. The van der Waals surface area contributed by atoms with Crippen LogP contribution < -0.4 is 0 Å². The molecule has 0 aromatic rings. The average Bonchev–Trinajstić information content (AvgIpc) is 2.88. The van der Waals surface area contributed by atoms with Crippen molar-refractivity contribution in [3.8, 4) is 0 Å². The number of thioether (sulfide) groups is 1. The van der Waals surface area contributed by atoms with Gasteiger partial charge < -0.3 is 14.1 Å². The predicted octanol–water partition coefficient (Wildman–Crippen LogP) is 8.92. The van der Waals surface area contributed by atoms with Gasteiger partial charge in [-0.25, -0.2) is 4.57 Å². The van der Waals surface area contributed by atoms with E-state index in [9.17, 15) is 14.3 Å². The number of rotatable bonds is 30. The Hall–Kier alpha value is 0.0500. The summed E-state index contributed by atoms with van der Waals surface area (Å²) in [4.78, 5) is 22.6.